The number of nitrogens with zero attached hydrogens (tertiary/aromatic N) is 2. The fourth-order valence-electron chi connectivity index (χ4n) is 3.44. The Hall–Kier alpha value is -2.11. The topological polar surface area (TPSA) is 88.3 Å². The van der Waals surface area contributed by atoms with Crippen molar-refractivity contribution >= 4 is 44.9 Å². The van der Waals surface area contributed by atoms with E-state index in [1.807, 2.05) is 0 Å². The van der Waals surface area contributed by atoms with Crippen LogP contribution in [0.1, 0.15) is 18.1 Å². The summed E-state index contributed by atoms with van der Waals surface area (Å²) in [5, 5.41) is 9.70. The number of sulfonamides is 1. The van der Waals surface area contributed by atoms with Gasteiger partial charge < -0.3 is 9.84 Å². The zero-order valence-electron chi connectivity index (χ0n) is 18.2. The molecule has 0 spiro atoms. The van der Waals surface area contributed by atoms with Gasteiger partial charge in [0.1, 0.15) is 0 Å². The zero-order chi connectivity index (χ0) is 24.3. The van der Waals surface area contributed by atoms with E-state index in [2.05, 4.69) is 6.58 Å². The maximum absolute atomic E-state index is 14.2. The molecule has 0 bridgehead atoms. The number of pyridine rings is 1. The minimum Gasteiger partial charge on any atom is -0.481 e. The molecule has 2 aromatic heterocycles. The summed E-state index contributed by atoms with van der Waals surface area (Å²) in [5.41, 5.74) is 1.69. The molecule has 3 heterocycles. The van der Waals surface area contributed by atoms with E-state index in [9.17, 15) is 22.7 Å². The molecular weight excluding hydrogens is 491 g/mol. The Labute approximate surface area is 201 Å². The maximum atomic E-state index is 14.2. The number of morpholine rings is 1. The molecule has 2 aromatic rings. The molecule has 0 unspecified atom stereocenters. The smallest absolute Gasteiger partial charge is 0.307 e. The summed E-state index contributed by atoms with van der Waals surface area (Å²) in [6.07, 6.45) is 4.54. The lowest BCUT2D eigenvalue weighted by atomic mass is 10.1. The van der Waals surface area contributed by atoms with Crippen molar-refractivity contribution in [3.63, 3.8) is 0 Å². The number of allylic oxidation sites excluding steroid dienone is 3. The second-order valence-electron chi connectivity index (χ2n) is 7.28. The number of halogens is 2. The maximum Gasteiger partial charge on any atom is 0.307 e. The van der Waals surface area contributed by atoms with Gasteiger partial charge in [-0.1, -0.05) is 36.0 Å². The molecule has 1 saturated heterocycles. The fraction of sp³-hybridized carbons (Fsp3) is 0.318. The number of aromatic nitrogens is 1. The van der Waals surface area contributed by atoms with Crippen molar-refractivity contribution in [3.8, 4) is 0 Å². The molecule has 33 heavy (non-hydrogen) atoms. The molecule has 1 fully saturated rings. The highest BCUT2D eigenvalue weighted by Gasteiger charge is 2.26. The summed E-state index contributed by atoms with van der Waals surface area (Å²) in [6.45, 7) is 8.45. The van der Waals surface area contributed by atoms with E-state index < -0.39 is 21.8 Å². The first-order valence-electron chi connectivity index (χ1n) is 10.1. The van der Waals surface area contributed by atoms with E-state index >= 15 is 0 Å². The first-order valence-corrected chi connectivity index (χ1v) is 12.7. The van der Waals surface area contributed by atoms with Gasteiger partial charge in [0.15, 0.2) is 11.0 Å². The molecular formula is C22H24ClFN2O5S2. The zero-order valence-corrected chi connectivity index (χ0v) is 20.6. The van der Waals surface area contributed by atoms with E-state index in [1.165, 1.54) is 38.7 Å². The number of thioether (sulfide) groups is 1. The highest BCUT2D eigenvalue weighted by molar-refractivity contribution is 8.03. The normalized spacial score (nSPS) is 16.1. The molecule has 0 amide bonds. The second kappa shape index (κ2) is 10.4. The van der Waals surface area contributed by atoms with Gasteiger partial charge >= 0.3 is 5.97 Å². The largest absolute Gasteiger partial charge is 0.481 e. The minimum absolute atomic E-state index is 0.0586. The standard InChI is InChI=1S/C22H24ClFN2O5S2/c1-4-16(6-5-14(2)33(29,30)25-9-11-31-12-10-25)32-22-15(3)17(13-20(27)28)19-8-7-18(24)21(23)26(19)22/h4-8H,2,9-13H2,1,3H3,(H,27,28)/b6-5-,16-4+. The lowest BCUT2D eigenvalue weighted by Crippen LogP contribution is -2.40. The number of carboxylic acid groups (broad SMARTS) is 1. The molecule has 1 aliphatic heterocycles. The van der Waals surface area contributed by atoms with Crippen LogP contribution in [0.5, 0.6) is 0 Å². The average molecular weight is 515 g/mol. The van der Waals surface area contributed by atoms with Gasteiger partial charge in [-0.2, -0.15) is 4.31 Å². The predicted molar refractivity (Wildman–Crippen MR) is 128 cm³/mol. The Morgan fingerprint density at radius 1 is 1.33 bits per heavy atom. The van der Waals surface area contributed by atoms with Crippen molar-refractivity contribution in [2.75, 3.05) is 26.3 Å². The first kappa shape index (κ1) is 25.5. The molecule has 0 aromatic carbocycles. The van der Waals surface area contributed by atoms with Gasteiger partial charge in [-0.05, 0) is 49.3 Å². The molecule has 0 atom stereocenters. The lowest BCUT2D eigenvalue weighted by Gasteiger charge is -2.26. The van der Waals surface area contributed by atoms with Crippen LogP contribution in [0.15, 0.2) is 51.8 Å². The number of fused-ring (bicyclic) bond motifs is 1. The third kappa shape index (κ3) is 5.36. The number of ether oxygens (including phenoxy) is 1. The number of hydrogen-bond acceptors (Lipinski definition) is 5. The van der Waals surface area contributed by atoms with Crippen molar-refractivity contribution in [1.82, 2.24) is 8.71 Å². The Bertz CT molecular complexity index is 1260. The second-order valence-corrected chi connectivity index (χ2v) is 10.7. The van der Waals surface area contributed by atoms with Crippen molar-refractivity contribution < 1.29 is 27.4 Å². The first-order chi connectivity index (χ1) is 15.6. The van der Waals surface area contributed by atoms with Crippen LogP contribution in [-0.2, 0) is 26.0 Å². The van der Waals surface area contributed by atoms with Crippen LogP contribution in [0, 0.1) is 12.7 Å². The van der Waals surface area contributed by atoms with Crippen LogP contribution in [0.25, 0.3) is 5.52 Å². The van der Waals surface area contributed by atoms with Crippen molar-refractivity contribution in [3.05, 3.63) is 68.8 Å². The van der Waals surface area contributed by atoms with E-state index in [-0.39, 0.29) is 29.6 Å². The summed E-state index contributed by atoms with van der Waals surface area (Å²) in [5.74, 6) is -1.65. The monoisotopic (exact) mass is 514 g/mol. The molecule has 1 aliphatic rings. The summed E-state index contributed by atoms with van der Waals surface area (Å²) in [7, 11) is -3.71. The van der Waals surface area contributed by atoms with Gasteiger partial charge in [-0.3, -0.25) is 9.20 Å². The minimum atomic E-state index is -3.71. The summed E-state index contributed by atoms with van der Waals surface area (Å²) in [4.78, 5) is 12.0. The number of hydrogen-bond donors (Lipinski definition) is 1. The lowest BCUT2D eigenvalue weighted by molar-refractivity contribution is -0.136. The SMILES string of the molecule is C=C(/C=C\C(=C/C)Sc1c(C)c(CC(=O)O)c2ccc(F)c(Cl)n12)S(=O)(=O)N1CCOCC1. The van der Waals surface area contributed by atoms with Crippen molar-refractivity contribution in [2.45, 2.75) is 25.3 Å². The molecule has 0 aliphatic carbocycles. The Kier molecular flexibility index (Phi) is 8.07. The van der Waals surface area contributed by atoms with E-state index in [4.69, 9.17) is 16.3 Å². The predicted octanol–water partition coefficient (Wildman–Crippen LogP) is 4.40. The summed E-state index contributed by atoms with van der Waals surface area (Å²) >= 11 is 7.46. The average Bonchev–Trinajstić information content (AvgIpc) is 3.04. The Morgan fingerprint density at radius 3 is 2.61 bits per heavy atom. The number of aliphatic carboxylic acids is 1. The van der Waals surface area contributed by atoms with Gasteiger partial charge in [-0.15, -0.1) is 0 Å². The van der Waals surface area contributed by atoms with Crippen LogP contribution in [0.3, 0.4) is 0 Å². The Morgan fingerprint density at radius 2 is 2.00 bits per heavy atom. The van der Waals surface area contributed by atoms with Crippen molar-refractivity contribution in [2.24, 2.45) is 0 Å². The van der Waals surface area contributed by atoms with Gasteiger partial charge in [0.25, 0.3) is 0 Å². The molecule has 1 N–H and O–H groups in total. The number of carbonyl (C=O) groups is 1. The molecule has 11 heteroatoms. The third-order valence-corrected chi connectivity index (χ3v) is 8.69. The van der Waals surface area contributed by atoms with E-state index in [0.717, 1.165) is 0 Å². The van der Waals surface area contributed by atoms with Gasteiger partial charge in [-0.25, -0.2) is 12.8 Å². The number of carboxylic acids is 1. The Balaban J connectivity index is 1.93. The van der Waals surface area contributed by atoms with Gasteiger partial charge in [0.05, 0.1) is 35.1 Å². The molecule has 3 rings (SSSR count). The van der Waals surface area contributed by atoms with Crippen LogP contribution in [-0.4, -0.2) is 54.5 Å². The van der Waals surface area contributed by atoms with Crippen LogP contribution < -0.4 is 0 Å². The molecule has 0 radical (unpaired) electrons. The molecule has 7 nitrogen and oxygen atoms in total. The van der Waals surface area contributed by atoms with Crippen molar-refractivity contribution in [1.29, 1.82) is 0 Å². The van der Waals surface area contributed by atoms with E-state index in [1.54, 1.807) is 26.0 Å². The van der Waals surface area contributed by atoms with Crippen LogP contribution >= 0.6 is 23.4 Å². The molecule has 178 valence electrons. The number of rotatable bonds is 8. The third-order valence-electron chi connectivity index (χ3n) is 5.21. The molecule has 0 saturated carbocycles. The highest BCUT2D eigenvalue weighted by Crippen LogP contribution is 2.38. The quantitative estimate of drug-likeness (QED) is 0.319. The highest BCUT2D eigenvalue weighted by atomic mass is 35.5. The van der Waals surface area contributed by atoms with Gasteiger partial charge in [0, 0.05) is 18.0 Å². The fourth-order valence-corrected chi connectivity index (χ4v) is 5.97. The van der Waals surface area contributed by atoms with E-state index in [0.29, 0.717) is 39.8 Å². The van der Waals surface area contributed by atoms with Gasteiger partial charge in [0.2, 0.25) is 10.0 Å². The summed E-state index contributed by atoms with van der Waals surface area (Å²) < 4.78 is 47.7. The summed E-state index contributed by atoms with van der Waals surface area (Å²) in [6, 6.07) is 2.70. The van der Waals surface area contributed by atoms with Crippen LogP contribution in [0.4, 0.5) is 4.39 Å². The van der Waals surface area contributed by atoms with Crippen LogP contribution in [0.2, 0.25) is 5.15 Å².